The second kappa shape index (κ2) is 4.26. The van der Waals surface area contributed by atoms with Crippen LogP contribution in [0.4, 0.5) is 0 Å². The van der Waals surface area contributed by atoms with Crippen LogP contribution in [0.25, 0.3) is 0 Å². The number of likely N-dealkylation sites (tertiary alicyclic amines) is 1. The Morgan fingerprint density at radius 1 is 1.21 bits per heavy atom. The van der Waals surface area contributed by atoms with Crippen LogP contribution in [0.15, 0.2) is 11.6 Å². The van der Waals surface area contributed by atoms with Crippen molar-refractivity contribution in [2.45, 2.75) is 46.1 Å². The Labute approximate surface area is 87.0 Å². The van der Waals surface area contributed by atoms with Gasteiger partial charge in [0.05, 0.1) is 5.54 Å². The van der Waals surface area contributed by atoms with Gasteiger partial charge in [-0.2, -0.15) is 0 Å². The molecule has 0 radical (unpaired) electrons. The zero-order valence-electron chi connectivity index (χ0n) is 9.76. The Kier molecular flexibility index (Phi) is 3.48. The van der Waals surface area contributed by atoms with Gasteiger partial charge in [-0.25, -0.2) is 0 Å². The lowest BCUT2D eigenvalue weighted by Crippen LogP contribution is -2.47. The molecule has 0 bridgehead atoms. The van der Waals surface area contributed by atoms with Gasteiger partial charge < -0.3 is 0 Å². The van der Waals surface area contributed by atoms with E-state index in [2.05, 4.69) is 4.90 Å². The summed E-state index contributed by atoms with van der Waals surface area (Å²) in [5.74, 6) is 0.236. The predicted molar refractivity (Wildman–Crippen MR) is 59.3 cm³/mol. The third-order valence-corrected chi connectivity index (χ3v) is 2.92. The Bertz CT molecular complexity index is 243. The molecule has 2 heteroatoms. The minimum Gasteiger partial charge on any atom is -0.293 e. The first-order chi connectivity index (χ1) is 6.44. The molecule has 0 aromatic carbocycles. The first-order valence-electron chi connectivity index (χ1n) is 5.39. The van der Waals surface area contributed by atoms with Crippen molar-refractivity contribution in [1.82, 2.24) is 4.90 Å². The van der Waals surface area contributed by atoms with Crippen molar-refractivity contribution in [3.63, 3.8) is 0 Å². The van der Waals surface area contributed by atoms with E-state index < -0.39 is 0 Å². The Morgan fingerprint density at radius 2 is 1.71 bits per heavy atom. The summed E-state index contributed by atoms with van der Waals surface area (Å²) in [4.78, 5) is 14.2. The van der Waals surface area contributed by atoms with E-state index in [9.17, 15) is 4.79 Å². The molecule has 2 nitrogen and oxygen atoms in total. The summed E-state index contributed by atoms with van der Waals surface area (Å²) < 4.78 is 0. The zero-order valence-corrected chi connectivity index (χ0v) is 9.76. The van der Waals surface area contributed by atoms with Gasteiger partial charge in [-0.15, -0.1) is 0 Å². The standard InChI is InChI=1S/C12H21NO/c1-10(2)9-11(14)12(3,4)13-7-5-6-8-13/h9H,5-8H2,1-4H3. The second-order valence-corrected chi connectivity index (χ2v) is 4.84. The van der Waals surface area contributed by atoms with Crippen LogP contribution < -0.4 is 0 Å². The molecule has 0 N–H and O–H groups in total. The molecule has 0 atom stereocenters. The third kappa shape index (κ3) is 2.44. The van der Waals surface area contributed by atoms with E-state index in [-0.39, 0.29) is 11.3 Å². The molecular weight excluding hydrogens is 174 g/mol. The molecule has 0 amide bonds. The molecule has 1 fully saturated rings. The summed E-state index contributed by atoms with van der Waals surface area (Å²) in [6, 6.07) is 0. The van der Waals surface area contributed by atoms with Crippen molar-refractivity contribution in [2.24, 2.45) is 0 Å². The fraction of sp³-hybridized carbons (Fsp3) is 0.750. The van der Waals surface area contributed by atoms with E-state index in [1.807, 2.05) is 27.7 Å². The number of carbonyl (C=O) groups excluding carboxylic acids is 1. The third-order valence-electron chi connectivity index (χ3n) is 2.92. The highest BCUT2D eigenvalue weighted by Crippen LogP contribution is 2.22. The largest absolute Gasteiger partial charge is 0.293 e. The maximum absolute atomic E-state index is 11.9. The van der Waals surface area contributed by atoms with Gasteiger partial charge in [-0.05, 0) is 59.7 Å². The van der Waals surface area contributed by atoms with Gasteiger partial charge in [-0.3, -0.25) is 9.69 Å². The highest BCUT2D eigenvalue weighted by Gasteiger charge is 2.34. The van der Waals surface area contributed by atoms with Crippen LogP contribution in [0, 0.1) is 0 Å². The van der Waals surface area contributed by atoms with E-state index in [1.54, 1.807) is 6.08 Å². The van der Waals surface area contributed by atoms with E-state index >= 15 is 0 Å². The van der Waals surface area contributed by atoms with Gasteiger partial charge in [0.15, 0.2) is 5.78 Å². The molecule has 1 heterocycles. The first kappa shape index (κ1) is 11.4. The lowest BCUT2D eigenvalue weighted by Gasteiger charge is -2.33. The summed E-state index contributed by atoms with van der Waals surface area (Å²) >= 11 is 0. The monoisotopic (exact) mass is 195 g/mol. The van der Waals surface area contributed by atoms with Gasteiger partial charge in [0.25, 0.3) is 0 Å². The Morgan fingerprint density at radius 3 is 2.14 bits per heavy atom. The quantitative estimate of drug-likeness (QED) is 0.644. The summed E-state index contributed by atoms with van der Waals surface area (Å²) in [5.41, 5.74) is 0.774. The number of hydrogen-bond acceptors (Lipinski definition) is 2. The predicted octanol–water partition coefficient (Wildman–Crippen LogP) is 2.40. The van der Waals surface area contributed by atoms with Gasteiger partial charge >= 0.3 is 0 Å². The molecule has 14 heavy (non-hydrogen) atoms. The summed E-state index contributed by atoms with van der Waals surface area (Å²) in [6.45, 7) is 10.1. The minimum atomic E-state index is -0.312. The lowest BCUT2D eigenvalue weighted by molar-refractivity contribution is -0.123. The second-order valence-electron chi connectivity index (χ2n) is 4.84. The number of ketones is 1. The molecule has 1 aliphatic rings. The normalized spacial score (nSPS) is 18.3. The van der Waals surface area contributed by atoms with Crippen LogP contribution in [0.5, 0.6) is 0 Å². The van der Waals surface area contributed by atoms with Crippen LogP contribution >= 0.6 is 0 Å². The van der Waals surface area contributed by atoms with Crippen molar-refractivity contribution >= 4 is 5.78 Å². The molecule has 0 saturated carbocycles. The van der Waals surface area contributed by atoms with Gasteiger partial charge in [0.1, 0.15) is 0 Å². The number of carbonyl (C=O) groups is 1. The van der Waals surface area contributed by atoms with Gasteiger partial charge in [0.2, 0.25) is 0 Å². The molecule has 0 aromatic heterocycles. The first-order valence-corrected chi connectivity index (χ1v) is 5.39. The van der Waals surface area contributed by atoms with Crippen molar-refractivity contribution in [3.05, 3.63) is 11.6 Å². The average Bonchev–Trinajstić information content (AvgIpc) is 2.54. The van der Waals surface area contributed by atoms with Crippen LogP contribution in [0.1, 0.15) is 40.5 Å². The van der Waals surface area contributed by atoms with E-state index in [0.717, 1.165) is 18.7 Å². The summed E-state index contributed by atoms with van der Waals surface area (Å²) in [7, 11) is 0. The van der Waals surface area contributed by atoms with Gasteiger partial charge in [0, 0.05) is 0 Å². The van der Waals surface area contributed by atoms with E-state index in [1.165, 1.54) is 12.8 Å². The summed E-state index contributed by atoms with van der Waals surface area (Å²) in [5, 5.41) is 0. The number of allylic oxidation sites excluding steroid dienone is 1. The van der Waals surface area contributed by atoms with Crippen molar-refractivity contribution in [2.75, 3.05) is 13.1 Å². The zero-order chi connectivity index (χ0) is 10.8. The highest BCUT2D eigenvalue weighted by molar-refractivity contribution is 5.97. The van der Waals surface area contributed by atoms with Crippen LogP contribution in [-0.2, 0) is 4.79 Å². The topological polar surface area (TPSA) is 20.3 Å². The van der Waals surface area contributed by atoms with Crippen LogP contribution in [-0.4, -0.2) is 29.3 Å². The molecule has 1 rings (SSSR count). The van der Waals surface area contributed by atoms with Gasteiger partial charge in [-0.1, -0.05) is 5.57 Å². The van der Waals surface area contributed by atoms with Crippen LogP contribution in [0.3, 0.4) is 0 Å². The average molecular weight is 195 g/mol. The van der Waals surface area contributed by atoms with Crippen LogP contribution in [0.2, 0.25) is 0 Å². The molecule has 0 spiro atoms. The number of hydrogen-bond donors (Lipinski definition) is 0. The molecule has 1 aliphatic heterocycles. The fourth-order valence-corrected chi connectivity index (χ4v) is 1.87. The maximum atomic E-state index is 11.9. The SMILES string of the molecule is CC(C)=CC(=O)C(C)(C)N1CCCC1. The molecular formula is C12H21NO. The molecule has 80 valence electrons. The number of nitrogens with zero attached hydrogens (tertiary/aromatic N) is 1. The van der Waals surface area contributed by atoms with Crippen molar-refractivity contribution in [3.8, 4) is 0 Å². The fourth-order valence-electron chi connectivity index (χ4n) is 1.87. The maximum Gasteiger partial charge on any atom is 0.175 e. The van der Waals surface area contributed by atoms with E-state index in [4.69, 9.17) is 0 Å². The van der Waals surface area contributed by atoms with E-state index in [0.29, 0.717) is 0 Å². The lowest BCUT2D eigenvalue weighted by atomic mass is 9.95. The molecule has 1 saturated heterocycles. The minimum absolute atomic E-state index is 0.236. The molecule has 0 aromatic rings. The molecule has 0 unspecified atom stereocenters. The van der Waals surface area contributed by atoms with Crippen molar-refractivity contribution in [1.29, 1.82) is 0 Å². The smallest absolute Gasteiger partial charge is 0.175 e. The van der Waals surface area contributed by atoms with Crippen molar-refractivity contribution < 1.29 is 4.79 Å². The number of rotatable bonds is 3. The highest BCUT2D eigenvalue weighted by atomic mass is 16.1. The molecule has 0 aliphatic carbocycles. The Hall–Kier alpha value is -0.630. The Balaban J connectivity index is 2.72. The summed E-state index contributed by atoms with van der Waals surface area (Å²) in [6.07, 6.45) is 4.22.